The lowest BCUT2D eigenvalue weighted by molar-refractivity contribution is 0.0601. The summed E-state index contributed by atoms with van der Waals surface area (Å²) in [5, 5.41) is 9.43. The molecule has 0 amide bonds. The van der Waals surface area contributed by atoms with Gasteiger partial charge in [0.15, 0.2) is 0 Å². The molecule has 29 heavy (non-hydrogen) atoms. The Morgan fingerprint density at radius 3 is 2.52 bits per heavy atom. The smallest absolute Gasteiger partial charge is 0.337 e. The number of aromatic amines is 1. The average Bonchev–Trinajstić information content (AvgIpc) is 3.11. The lowest BCUT2D eigenvalue weighted by Crippen LogP contribution is -2.06. The summed E-state index contributed by atoms with van der Waals surface area (Å²) in [6.45, 7) is 8.68. The van der Waals surface area contributed by atoms with E-state index in [1.54, 1.807) is 6.07 Å². The highest BCUT2D eigenvalue weighted by Gasteiger charge is 2.19. The van der Waals surface area contributed by atoms with E-state index in [0.717, 1.165) is 38.8 Å². The first-order chi connectivity index (χ1) is 13.9. The number of nitrogens with zero attached hydrogens (tertiary/aromatic N) is 2. The number of carbonyl (C=O) groups excluding carboxylic acids is 1. The van der Waals surface area contributed by atoms with Gasteiger partial charge in [0.05, 0.1) is 29.4 Å². The van der Waals surface area contributed by atoms with Crippen molar-refractivity contribution in [2.75, 3.05) is 7.11 Å². The maximum absolute atomic E-state index is 12.0. The third kappa shape index (κ3) is 3.37. The van der Waals surface area contributed by atoms with Crippen molar-refractivity contribution in [2.45, 2.75) is 33.6 Å². The van der Waals surface area contributed by atoms with Crippen LogP contribution < -0.4 is 0 Å². The first kappa shape index (κ1) is 19.1. The summed E-state index contributed by atoms with van der Waals surface area (Å²) in [4.78, 5) is 17.0. The van der Waals surface area contributed by atoms with Gasteiger partial charge in [-0.3, -0.25) is 5.10 Å². The van der Waals surface area contributed by atoms with Crippen LogP contribution in [0.25, 0.3) is 33.1 Å². The van der Waals surface area contributed by atoms with Crippen molar-refractivity contribution in [3.63, 3.8) is 0 Å². The number of esters is 1. The monoisotopic (exact) mass is 387 g/mol. The van der Waals surface area contributed by atoms with E-state index in [-0.39, 0.29) is 5.97 Å². The zero-order chi connectivity index (χ0) is 20.7. The number of carbonyl (C=O) groups is 1. The SMILES string of the molecule is COC(=O)c1ccc2nc(-c3ccc4n[nH]c(C)c4c3)c(C(C)C(C)C)cc2c1. The number of hydrogen-bond donors (Lipinski definition) is 1. The summed E-state index contributed by atoms with van der Waals surface area (Å²) >= 11 is 0. The topological polar surface area (TPSA) is 67.9 Å². The van der Waals surface area contributed by atoms with Crippen LogP contribution in [0.4, 0.5) is 0 Å². The Bertz CT molecular complexity index is 1220. The van der Waals surface area contributed by atoms with Crippen LogP contribution in [-0.4, -0.2) is 28.3 Å². The number of ether oxygens (including phenoxy) is 1. The number of H-pyrrole nitrogens is 1. The summed E-state index contributed by atoms with van der Waals surface area (Å²) < 4.78 is 4.87. The molecule has 0 spiro atoms. The number of nitrogens with one attached hydrogen (secondary N) is 1. The van der Waals surface area contributed by atoms with Gasteiger partial charge in [-0.1, -0.05) is 26.8 Å². The number of pyridine rings is 1. The average molecular weight is 387 g/mol. The summed E-state index contributed by atoms with van der Waals surface area (Å²) in [5.41, 5.74) is 6.62. The van der Waals surface area contributed by atoms with Crippen molar-refractivity contribution in [1.82, 2.24) is 15.2 Å². The largest absolute Gasteiger partial charge is 0.465 e. The van der Waals surface area contributed by atoms with E-state index in [4.69, 9.17) is 9.72 Å². The van der Waals surface area contributed by atoms with E-state index in [1.165, 1.54) is 12.7 Å². The summed E-state index contributed by atoms with van der Waals surface area (Å²) in [6.07, 6.45) is 0. The molecule has 2 aromatic heterocycles. The summed E-state index contributed by atoms with van der Waals surface area (Å²) in [7, 11) is 1.40. The molecule has 5 heteroatoms. The van der Waals surface area contributed by atoms with Gasteiger partial charge in [0.25, 0.3) is 0 Å². The summed E-state index contributed by atoms with van der Waals surface area (Å²) in [6, 6.07) is 13.9. The highest BCUT2D eigenvalue weighted by molar-refractivity contribution is 5.95. The Kier molecular flexibility index (Phi) is 4.82. The minimum absolute atomic E-state index is 0.310. The second-order valence-electron chi connectivity index (χ2n) is 7.94. The second-order valence-corrected chi connectivity index (χ2v) is 7.94. The molecule has 0 aliphatic carbocycles. The summed E-state index contributed by atoms with van der Waals surface area (Å²) in [5.74, 6) is 0.427. The minimum Gasteiger partial charge on any atom is -0.465 e. The second kappa shape index (κ2) is 7.32. The molecule has 0 aliphatic rings. The molecule has 0 fully saturated rings. The molecular formula is C24H25N3O2. The quantitative estimate of drug-likeness (QED) is 0.461. The lowest BCUT2D eigenvalue weighted by Gasteiger charge is -2.20. The molecule has 2 heterocycles. The van der Waals surface area contributed by atoms with E-state index in [9.17, 15) is 4.79 Å². The van der Waals surface area contributed by atoms with Crippen LogP contribution >= 0.6 is 0 Å². The lowest BCUT2D eigenvalue weighted by atomic mass is 9.86. The normalized spacial score (nSPS) is 12.6. The van der Waals surface area contributed by atoms with Crippen LogP contribution in [0.1, 0.15) is 48.3 Å². The van der Waals surface area contributed by atoms with Gasteiger partial charge < -0.3 is 4.74 Å². The van der Waals surface area contributed by atoms with E-state index < -0.39 is 0 Å². The highest BCUT2D eigenvalue weighted by atomic mass is 16.5. The van der Waals surface area contributed by atoms with Crippen molar-refractivity contribution in [3.8, 4) is 11.3 Å². The molecule has 1 unspecified atom stereocenters. The third-order valence-corrected chi connectivity index (χ3v) is 5.77. The molecule has 0 saturated heterocycles. The number of aromatic nitrogens is 3. The number of methoxy groups -OCH3 is 1. The van der Waals surface area contributed by atoms with Crippen molar-refractivity contribution >= 4 is 27.8 Å². The molecule has 1 N–H and O–H groups in total. The third-order valence-electron chi connectivity index (χ3n) is 5.77. The first-order valence-corrected chi connectivity index (χ1v) is 9.87. The molecule has 4 aromatic rings. The number of hydrogen-bond acceptors (Lipinski definition) is 4. The van der Waals surface area contributed by atoms with E-state index in [2.05, 4.69) is 49.2 Å². The van der Waals surface area contributed by atoms with Crippen molar-refractivity contribution < 1.29 is 9.53 Å². The Balaban J connectivity index is 1.96. The van der Waals surface area contributed by atoms with Gasteiger partial charge in [-0.15, -0.1) is 0 Å². The van der Waals surface area contributed by atoms with Crippen LogP contribution in [0.15, 0.2) is 42.5 Å². The molecule has 4 rings (SSSR count). The fourth-order valence-corrected chi connectivity index (χ4v) is 3.66. The van der Waals surface area contributed by atoms with Crippen LogP contribution in [0.2, 0.25) is 0 Å². The Hall–Kier alpha value is -3.21. The molecule has 0 radical (unpaired) electrons. The van der Waals surface area contributed by atoms with E-state index >= 15 is 0 Å². The minimum atomic E-state index is -0.338. The van der Waals surface area contributed by atoms with Crippen molar-refractivity contribution in [1.29, 1.82) is 0 Å². The zero-order valence-corrected chi connectivity index (χ0v) is 17.4. The van der Waals surface area contributed by atoms with Gasteiger partial charge in [-0.25, -0.2) is 9.78 Å². The van der Waals surface area contributed by atoms with Crippen LogP contribution in [0.3, 0.4) is 0 Å². The predicted molar refractivity (Wildman–Crippen MR) is 116 cm³/mol. The maximum Gasteiger partial charge on any atom is 0.337 e. The van der Waals surface area contributed by atoms with Gasteiger partial charge in [0.2, 0.25) is 0 Å². The highest BCUT2D eigenvalue weighted by Crippen LogP contribution is 2.35. The van der Waals surface area contributed by atoms with Crippen LogP contribution in [0, 0.1) is 12.8 Å². The number of fused-ring (bicyclic) bond motifs is 2. The molecule has 0 bridgehead atoms. The molecule has 0 saturated carbocycles. The Morgan fingerprint density at radius 1 is 1.03 bits per heavy atom. The number of benzene rings is 2. The Morgan fingerprint density at radius 2 is 1.79 bits per heavy atom. The van der Waals surface area contributed by atoms with Gasteiger partial charge in [-0.05, 0) is 60.7 Å². The fraction of sp³-hybridized carbons (Fsp3) is 0.292. The molecule has 2 aromatic carbocycles. The predicted octanol–water partition coefficient (Wildman–Crippen LogP) is 5.63. The number of aryl methyl sites for hydroxylation is 1. The molecule has 148 valence electrons. The van der Waals surface area contributed by atoms with Gasteiger partial charge in [0, 0.05) is 22.0 Å². The molecular weight excluding hydrogens is 362 g/mol. The Labute approximate surface area is 170 Å². The first-order valence-electron chi connectivity index (χ1n) is 9.87. The number of rotatable bonds is 4. The fourth-order valence-electron chi connectivity index (χ4n) is 3.66. The van der Waals surface area contributed by atoms with Gasteiger partial charge in [-0.2, -0.15) is 5.10 Å². The van der Waals surface area contributed by atoms with Gasteiger partial charge >= 0.3 is 5.97 Å². The molecule has 1 atom stereocenters. The van der Waals surface area contributed by atoms with Crippen LogP contribution in [0.5, 0.6) is 0 Å². The van der Waals surface area contributed by atoms with Crippen LogP contribution in [-0.2, 0) is 4.74 Å². The molecule has 5 nitrogen and oxygen atoms in total. The van der Waals surface area contributed by atoms with E-state index in [1.807, 2.05) is 25.1 Å². The van der Waals surface area contributed by atoms with E-state index in [0.29, 0.717) is 17.4 Å². The zero-order valence-electron chi connectivity index (χ0n) is 17.4. The van der Waals surface area contributed by atoms with Crippen molar-refractivity contribution in [2.24, 2.45) is 5.92 Å². The van der Waals surface area contributed by atoms with Crippen molar-refractivity contribution in [3.05, 3.63) is 59.3 Å². The maximum atomic E-state index is 12.0. The molecule has 0 aliphatic heterocycles. The standard InChI is InChI=1S/C24H25N3O2/c1-13(2)14(3)19-12-18-10-17(24(28)29-5)7-8-21(18)25-23(19)16-6-9-22-20(11-16)15(4)26-27-22/h6-14H,1-5H3,(H,26,27). The van der Waals surface area contributed by atoms with Gasteiger partial charge in [0.1, 0.15) is 0 Å².